The van der Waals surface area contributed by atoms with Crippen molar-refractivity contribution in [2.24, 2.45) is 0 Å². The summed E-state index contributed by atoms with van der Waals surface area (Å²) in [4.78, 5) is 11.0. The number of hydrogen-bond acceptors (Lipinski definition) is 4. The summed E-state index contributed by atoms with van der Waals surface area (Å²) in [5.74, 6) is -1.15. The van der Waals surface area contributed by atoms with Gasteiger partial charge in [0, 0.05) is 5.56 Å². The molecule has 0 saturated carbocycles. The second-order valence-corrected chi connectivity index (χ2v) is 5.74. The van der Waals surface area contributed by atoms with Crippen LogP contribution in [0.5, 0.6) is 5.75 Å². The Labute approximate surface area is 116 Å². The van der Waals surface area contributed by atoms with E-state index < -0.39 is 16.1 Å². The maximum Gasteiger partial charge on any atom is 0.335 e. The van der Waals surface area contributed by atoms with E-state index in [-0.39, 0.29) is 11.3 Å². The molecule has 20 heavy (non-hydrogen) atoms. The van der Waals surface area contributed by atoms with E-state index in [0.717, 1.165) is 11.8 Å². The monoisotopic (exact) mass is 292 g/mol. The van der Waals surface area contributed by atoms with Crippen molar-refractivity contribution in [3.63, 3.8) is 0 Å². The third-order valence-electron chi connectivity index (χ3n) is 2.55. The third-order valence-corrected chi connectivity index (χ3v) is 3.04. The predicted octanol–water partition coefficient (Wildman–Crippen LogP) is 2.39. The van der Waals surface area contributed by atoms with Gasteiger partial charge in [0.2, 0.25) is 0 Å². The molecule has 0 saturated heterocycles. The lowest BCUT2D eigenvalue weighted by Gasteiger charge is -2.10. The van der Waals surface area contributed by atoms with Crippen molar-refractivity contribution in [2.45, 2.75) is 0 Å². The number of carboxylic acid groups (broad SMARTS) is 1. The highest BCUT2D eigenvalue weighted by molar-refractivity contribution is 7.86. The predicted molar refractivity (Wildman–Crippen MR) is 74.3 cm³/mol. The molecule has 2 rings (SSSR count). The number of benzene rings is 2. The fourth-order valence-electron chi connectivity index (χ4n) is 1.74. The first-order valence-corrected chi connectivity index (χ1v) is 7.51. The van der Waals surface area contributed by atoms with Crippen molar-refractivity contribution in [2.75, 3.05) is 6.26 Å². The molecule has 2 aromatic rings. The Bertz CT molecular complexity index is 735. The van der Waals surface area contributed by atoms with Crippen molar-refractivity contribution in [3.8, 4) is 16.9 Å². The van der Waals surface area contributed by atoms with Crippen molar-refractivity contribution >= 4 is 16.1 Å². The highest BCUT2D eigenvalue weighted by Gasteiger charge is 2.14. The van der Waals surface area contributed by atoms with Gasteiger partial charge < -0.3 is 9.29 Å². The van der Waals surface area contributed by atoms with Crippen LogP contribution in [0.3, 0.4) is 0 Å². The van der Waals surface area contributed by atoms with E-state index in [2.05, 4.69) is 0 Å². The van der Waals surface area contributed by atoms with Crippen LogP contribution in [0.25, 0.3) is 11.1 Å². The molecule has 0 atom stereocenters. The van der Waals surface area contributed by atoms with E-state index >= 15 is 0 Å². The van der Waals surface area contributed by atoms with E-state index in [1.54, 1.807) is 24.3 Å². The van der Waals surface area contributed by atoms with E-state index in [9.17, 15) is 13.2 Å². The molecule has 0 heterocycles. The molecule has 0 spiro atoms. The first-order valence-electron chi connectivity index (χ1n) is 5.69. The number of aromatic carboxylic acids is 1. The van der Waals surface area contributed by atoms with Crippen LogP contribution in [0.2, 0.25) is 0 Å². The van der Waals surface area contributed by atoms with Crippen molar-refractivity contribution < 1.29 is 22.5 Å². The molecule has 0 aliphatic carbocycles. The van der Waals surface area contributed by atoms with Gasteiger partial charge in [0.25, 0.3) is 0 Å². The Balaban J connectivity index is 2.59. The summed E-state index contributed by atoms with van der Waals surface area (Å²) in [7, 11) is -3.74. The summed E-state index contributed by atoms with van der Waals surface area (Å²) >= 11 is 0. The molecule has 0 aliphatic heterocycles. The molecule has 0 radical (unpaired) electrons. The molecule has 6 heteroatoms. The van der Waals surface area contributed by atoms with Crippen LogP contribution in [0, 0.1) is 0 Å². The van der Waals surface area contributed by atoms with Crippen LogP contribution in [0.15, 0.2) is 48.5 Å². The minimum atomic E-state index is -3.74. The van der Waals surface area contributed by atoms with Crippen molar-refractivity contribution in [1.82, 2.24) is 0 Å². The van der Waals surface area contributed by atoms with Crippen LogP contribution in [-0.4, -0.2) is 25.7 Å². The minimum absolute atomic E-state index is 0.00130. The minimum Gasteiger partial charge on any atom is -0.478 e. The Hall–Kier alpha value is -2.34. The summed E-state index contributed by atoms with van der Waals surface area (Å²) in [6.07, 6.45) is 0.912. The Morgan fingerprint density at radius 1 is 1.10 bits per heavy atom. The fourth-order valence-corrected chi connectivity index (χ4v) is 2.21. The standard InChI is InChI=1S/C14H12O5S/c1-20(17,18)19-13-9-11(14(15)16)7-8-12(13)10-5-3-2-4-6-10/h2-9H,1H3,(H,15,16). The van der Waals surface area contributed by atoms with Gasteiger partial charge in [0.1, 0.15) is 0 Å². The van der Waals surface area contributed by atoms with E-state index in [1.807, 2.05) is 6.07 Å². The van der Waals surface area contributed by atoms with E-state index in [0.29, 0.717) is 5.56 Å². The van der Waals surface area contributed by atoms with Gasteiger partial charge in [-0.3, -0.25) is 0 Å². The molecule has 104 valence electrons. The smallest absolute Gasteiger partial charge is 0.335 e. The zero-order chi connectivity index (χ0) is 14.8. The SMILES string of the molecule is CS(=O)(=O)Oc1cc(C(=O)O)ccc1-c1ccccc1. The molecule has 0 aromatic heterocycles. The second kappa shape index (κ2) is 5.34. The van der Waals surface area contributed by atoms with Crippen LogP contribution in [0.1, 0.15) is 10.4 Å². The normalized spacial score (nSPS) is 11.1. The van der Waals surface area contributed by atoms with Gasteiger partial charge >= 0.3 is 16.1 Å². The first-order chi connectivity index (χ1) is 9.37. The zero-order valence-electron chi connectivity index (χ0n) is 10.6. The maximum absolute atomic E-state index is 11.3. The molecule has 0 bridgehead atoms. The quantitative estimate of drug-likeness (QED) is 0.875. The van der Waals surface area contributed by atoms with Gasteiger partial charge in [-0.1, -0.05) is 30.3 Å². The lowest BCUT2D eigenvalue weighted by atomic mass is 10.0. The summed E-state index contributed by atoms with van der Waals surface area (Å²) in [5, 5.41) is 8.96. The Kier molecular flexibility index (Phi) is 3.76. The van der Waals surface area contributed by atoms with Gasteiger partial charge in [-0.2, -0.15) is 8.42 Å². The Morgan fingerprint density at radius 2 is 1.75 bits per heavy atom. The molecule has 0 unspecified atom stereocenters. The molecular weight excluding hydrogens is 280 g/mol. The van der Waals surface area contributed by atoms with Crippen LogP contribution in [0.4, 0.5) is 0 Å². The average Bonchev–Trinajstić information content (AvgIpc) is 2.37. The molecule has 0 fully saturated rings. The third kappa shape index (κ3) is 3.36. The average molecular weight is 292 g/mol. The van der Waals surface area contributed by atoms with Crippen LogP contribution < -0.4 is 4.18 Å². The van der Waals surface area contributed by atoms with Gasteiger partial charge in [0.05, 0.1) is 11.8 Å². The van der Waals surface area contributed by atoms with Crippen LogP contribution >= 0.6 is 0 Å². The summed E-state index contributed by atoms with van der Waals surface area (Å²) in [6, 6.07) is 13.1. The molecule has 5 nitrogen and oxygen atoms in total. The Morgan fingerprint density at radius 3 is 2.30 bits per heavy atom. The van der Waals surface area contributed by atoms with Crippen molar-refractivity contribution in [1.29, 1.82) is 0 Å². The van der Waals surface area contributed by atoms with Gasteiger partial charge in [0.15, 0.2) is 5.75 Å². The first kappa shape index (κ1) is 14.1. The van der Waals surface area contributed by atoms with E-state index in [1.165, 1.54) is 18.2 Å². The number of carboxylic acids is 1. The highest BCUT2D eigenvalue weighted by Crippen LogP contribution is 2.31. The summed E-state index contributed by atoms with van der Waals surface area (Å²) in [5.41, 5.74) is 1.22. The summed E-state index contributed by atoms with van der Waals surface area (Å²) < 4.78 is 27.5. The lowest BCUT2D eigenvalue weighted by Crippen LogP contribution is -2.08. The van der Waals surface area contributed by atoms with Crippen molar-refractivity contribution in [3.05, 3.63) is 54.1 Å². The largest absolute Gasteiger partial charge is 0.478 e. The van der Waals surface area contributed by atoms with Gasteiger partial charge in [-0.05, 0) is 23.8 Å². The van der Waals surface area contributed by atoms with Gasteiger partial charge in [-0.25, -0.2) is 4.79 Å². The zero-order valence-corrected chi connectivity index (χ0v) is 11.4. The maximum atomic E-state index is 11.3. The number of carbonyl (C=O) groups is 1. The molecule has 1 N–H and O–H groups in total. The number of rotatable bonds is 4. The molecular formula is C14H12O5S. The lowest BCUT2D eigenvalue weighted by molar-refractivity contribution is 0.0696. The second-order valence-electron chi connectivity index (χ2n) is 4.17. The highest BCUT2D eigenvalue weighted by atomic mass is 32.2. The van der Waals surface area contributed by atoms with E-state index in [4.69, 9.17) is 9.29 Å². The topological polar surface area (TPSA) is 80.7 Å². The molecule has 2 aromatic carbocycles. The molecule has 0 aliphatic rings. The molecule has 0 amide bonds. The fraction of sp³-hybridized carbons (Fsp3) is 0.0714. The van der Waals surface area contributed by atoms with Crippen LogP contribution in [-0.2, 0) is 10.1 Å². The number of hydrogen-bond donors (Lipinski definition) is 1. The van der Waals surface area contributed by atoms with Gasteiger partial charge in [-0.15, -0.1) is 0 Å². The summed E-state index contributed by atoms with van der Waals surface area (Å²) in [6.45, 7) is 0.